The summed E-state index contributed by atoms with van der Waals surface area (Å²) < 4.78 is 10.7. The zero-order valence-electron chi connectivity index (χ0n) is 18.2. The standard InChI is InChI=1S/C26H24N2O5/c1-18(26(31)27-21-12-6-5-11-20(21)19-9-3-2-4-10-19)33-25(30)15-16-28-22-13-7-8-14-23(22)32-17-24(28)29/h2-14,18H,15-17H2,1H3,(H,27,31). The van der Waals surface area contributed by atoms with E-state index >= 15 is 0 Å². The summed E-state index contributed by atoms with van der Waals surface area (Å²) in [6.45, 7) is 1.59. The summed E-state index contributed by atoms with van der Waals surface area (Å²) in [5, 5.41) is 2.84. The molecule has 0 radical (unpaired) electrons. The maximum absolute atomic E-state index is 12.7. The lowest BCUT2D eigenvalue weighted by Gasteiger charge is -2.29. The molecule has 2 amide bonds. The van der Waals surface area contributed by atoms with Crippen LogP contribution >= 0.6 is 0 Å². The highest BCUT2D eigenvalue weighted by atomic mass is 16.5. The Balaban J connectivity index is 1.35. The molecule has 1 aliphatic heterocycles. The minimum absolute atomic E-state index is 0.0434. The number of benzene rings is 3. The zero-order valence-corrected chi connectivity index (χ0v) is 18.2. The fourth-order valence-electron chi connectivity index (χ4n) is 3.61. The molecule has 7 heteroatoms. The van der Waals surface area contributed by atoms with E-state index in [1.165, 1.54) is 11.8 Å². The number of hydrogen-bond acceptors (Lipinski definition) is 5. The highest BCUT2D eigenvalue weighted by Gasteiger charge is 2.26. The quantitative estimate of drug-likeness (QED) is 0.556. The van der Waals surface area contributed by atoms with Crippen LogP contribution in [0.4, 0.5) is 11.4 Å². The van der Waals surface area contributed by atoms with Crippen LogP contribution in [0.1, 0.15) is 13.3 Å². The molecular formula is C26H24N2O5. The van der Waals surface area contributed by atoms with Gasteiger partial charge < -0.3 is 19.7 Å². The second-order valence-corrected chi connectivity index (χ2v) is 7.58. The van der Waals surface area contributed by atoms with Gasteiger partial charge in [-0.05, 0) is 30.7 Å². The predicted octanol–water partition coefficient (Wildman–Crippen LogP) is 4.04. The fraction of sp³-hybridized carbons (Fsp3) is 0.192. The van der Waals surface area contributed by atoms with Gasteiger partial charge in [0.25, 0.3) is 11.8 Å². The van der Waals surface area contributed by atoms with Crippen LogP contribution in [0.15, 0.2) is 78.9 Å². The smallest absolute Gasteiger partial charge is 0.308 e. The first-order valence-corrected chi connectivity index (χ1v) is 10.7. The monoisotopic (exact) mass is 444 g/mol. The van der Waals surface area contributed by atoms with E-state index in [2.05, 4.69) is 5.32 Å². The van der Waals surface area contributed by atoms with Gasteiger partial charge in [0.1, 0.15) is 5.75 Å². The van der Waals surface area contributed by atoms with Crippen molar-refractivity contribution in [2.75, 3.05) is 23.4 Å². The molecule has 33 heavy (non-hydrogen) atoms. The molecule has 0 bridgehead atoms. The van der Waals surface area contributed by atoms with Crippen LogP contribution in [0.3, 0.4) is 0 Å². The van der Waals surface area contributed by atoms with Crippen LogP contribution in [0.5, 0.6) is 5.75 Å². The van der Waals surface area contributed by atoms with Crippen molar-refractivity contribution in [2.45, 2.75) is 19.4 Å². The molecule has 168 valence electrons. The topological polar surface area (TPSA) is 84.9 Å². The average Bonchev–Trinajstić information content (AvgIpc) is 2.84. The largest absolute Gasteiger partial charge is 0.482 e. The first kappa shape index (κ1) is 22.1. The van der Waals surface area contributed by atoms with Crippen LogP contribution in [-0.2, 0) is 19.1 Å². The number of fused-ring (bicyclic) bond motifs is 1. The summed E-state index contributed by atoms with van der Waals surface area (Å²) in [6.07, 6.45) is -1.04. The van der Waals surface area contributed by atoms with E-state index in [4.69, 9.17) is 9.47 Å². The van der Waals surface area contributed by atoms with Crippen LogP contribution in [0, 0.1) is 0 Å². The molecule has 1 unspecified atom stereocenters. The van der Waals surface area contributed by atoms with Gasteiger partial charge in [0.05, 0.1) is 12.1 Å². The summed E-state index contributed by atoms with van der Waals surface area (Å²) in [7, 11) is 0. The minimum atomic E-state index is -0.992. The van der Waals surface area contributed by atoms with Gasteiger partial charge in [-0.15, -0.1) is 0 Å². The number of nitrogens with one attached hydrogen (secondary N) is 1. The predicted molar refractivity (Wildman–Crippen MR) is 125 cm³/mol. The molecule has 1 heterocycles. The van der Waals surface area contributed by atoms with Crippen molar-refractivity contribution in [1.82, 2.24) is 0 Å². The normalized spacial score (nSPS) is 13.5. The molecule has 1 N–H and O–H groups in total. The van der Waals surface area contributed by atoms with Gasteiger partial charge in [0.15, 0.2) is 12.7 Å². The summed E-state index contributed by atoms with van der Waals surface area (Å²) >= 11 is 0. The Labute approximate surface area is 191 Å². The Hall–Kier alpha value is -4.13. The highest BCUT2D eigenvalue weighted by Crippen LogP contribution is 2.31. The molecule has 0 saturated heterocycles. The van der Waals surface area contributed by atoms with Gasteiger partial charge in [-0.25, -0.2) is 0 Å². The number of nitrogens with zero attached hydrogens (tertiary/aromatic N) is 1. The lowest BCUT2D eigenvalue weighted by atomic mass is 10.0. The van der Waals surface area contributed by atoms with E-state index in [1.807, 2.05) is 54.6 Å². The SMILES string of the molecule is CC(OC(=O)CCN1C(=O)COc2ccccc21)C(=O)Nc1ccccc1-c1ccccc1. The number of hydrogen-bond donors (Lipinski definition) is 1. The lowest BCUT2D eigenvalue weighted by molar-refractivity contribution is -0.153. The lowest BCUT2D eigenvalue weighted by Crippen LogP contribution is -2.40. The Morgan fingerprint density at radius 3 is 2.52 bits per heavy atom. The molecule has 0 fully saturated rings. The molecular weight excluding hydrogens is 420 g/mol. The van der Waals surface area contributed by atoms with E-state index in [9.17, 15) is 14.4 Å². The van der Waals surface area contributed by atoms with Crippen molar-refractivity contribution in [3.63, 3.8) is 0 Å². The maximum atomic E-state index is 12.7. The van der Waals surface area contributed by atoms with Crippen LogP contribution < -0.4 is 15.0 Å². The second kappa shape index (κ2) is 9.99. The van der Waals surface area contributed by atoms with Gasteiger partial charge >= 0.3 is 5.97 Å². The van der Waals surface area contributed by atoms with E-state index in [0.29, 0.717) is 17.1 Å². The Morgan fingerprint density at radius 1 is 1.00 bits per heavy atom. The van der Waals surface area contributed by atoms with Crippen molar-refractivity contribution >= 4 is 29.2 Å². The first-order valence-electron chi connectivity index (χ1n) is 10.7. The van der Waals surface area contributed by atoms with Crippen molar-refractivity contribution < 1.29 is 23.9 Å². The third-order valence-corrected chi connectivity index (χ3v) is 5.29. The number of carbonyl (C=O) groups excluding carboxylic acids is 3. The van der Waals surface area contributed by atoms with Crippen molar-refractivity contribution in [2.24, 2.45) is 0 Å². The molecule has 0 aromatic heterocycles. The van der Waals surface area contributed by atoms with Crippen molar-refractivity contribution in [3.8, 4) is 16.9 Å². The van der Waals surface area contributed by atoms with Gasteiger partial charge in [0, 0.05) is 17.8 Å². The third kappa shape index (κ3) is 5.20. The number of amides is 2. The summed E-state index contributed by atoms with van der Waals surface area (Å²) in [5.41, 5.74) is 3.08. The molecule has 0 saturated carbocycles. The molecule has 0 aliphatic carbocycles. The molecule has 3 aromatic rings. The highest BCUT2D eigenvalue weighted by molar-refractivity contribution is 5.99. The Morgan fingerprint density at radius 2 is 1.70 bits per heavy atom. The minimum Gasteiger partial charge on any atom is -0.482 e. The van der Waals surface area contributed by atoms with Crippen LogP contribution in [-0.4, -0.2) is 37.0 Å². The zero-order chi connectivity index (χ0) is 23.2. The van der Waals surface area contributed by atoms with Gasteiger partial charge in [0.2, 0.25) is 0 Å². The number of rotatable bonds is 7. The van der Waals surface area contributed by atoms with Crippen LogP contribution in [0.25, 0.3) is 11.1 Å². The third-order valence-electron chi connectivity index (χ3n) is 5.29. The fourth-order valence-corrected chi connectivity index (χ4v) is 3.61. The summed E-state index contributed by atoms with van der Waals surface area (Å²) in [5.74, 6) is -0.634. The maximum Gasteiger partial charge on any atom is 0.308 e. The molecule has 3 aromatic carbocycles. The summed E-state index contributed by atoms with van der Waals surface area (Å²) in [6, 6.07) is 24.3. The molecule has 1 aliphatic rings. The molecule has 7 nitrogen and oxygen atoms in total. The number of esters is 1. The second-order valence-electron chi connectivity index (χ2n) is 7.58. The number of para-hydroxylation sites is 3. The van der Waals surface area contributed by atoms with Crippen molar-refractivity contribution in [3.05, 3.63) is 78.9 Å². The van der Waals surface area contributed by atoms with Crippen molar-refractivity contribution in [1.29, 1.82) is 0 Å². The Bertz CT molecular complexity index is 1160. The number of ether oxygens (including phenoxy) is 2. The van der Waals surface area contributed by atoms with E-state index < -0.39 is 18.0 Å². The molecule has 0 spiro atoms. The van der Waals surface area contributed by atoms with Crippen LogP contribution in [0.2, 0.25) is 0 Å². The van der Waals surface area contributed by atoms with Gasteiger partial charge in [-0.2, -0.15) is 0 Å². The number of carbonyl (C=O) groups is 3. The molecule has 4 rings (SSSR count). The average molecular weight is 444 g/mol. The number of anilines is 2. The Kier molecular flexibility index (Phi) is 6.69. The van der Waals surface area contributed by atoms with Gasteiger partial charge in [-0.3, -0.25) is 14.4 Å². The van der Waals surface area contributed by atoms with Gasteiger partial charge in [-0.1, -0.05) is 60.7 Å². The first-order chi connectivity index (χ1) is 16.0. The van der Waals surface area contributed by atoms with E-state index in [1.54, 1.807) is 24.3 Å². The summed E-state index contributed by atoms with van der Waals surface area (Å²) in [4.78, 5) is 38.8. The van der Waals surface area contributed by atoms with E-state index in [0.717, 1.165) is 11.1 Å². The van der Waals surface area contributed by atoms with E-state index in [-0.39, 0.29) is 25.5 Å². The molecule has 1 atom stereocenters.